The number of terminal acetylenes is 1. The number of nitro benzene ring substituents is 2. The Bertz CT molecular complexity index is 1730. The Morgan fingerprint density at radius 1 is 0.962 bits per heavy atom. The van der Waals surface area contributed by atoms with E-state index in [4.69, 9.17) is 9.47 Å². The molecule has 5 rings (SSSR count). The lowest BCUT2D eigenvalue weighted by atomic mass is 9.79. The number of benzene rings is 2. The van der Waals surface area contributed by atoms with Crippen LogP contribution in [0.3, 0.4) is 0 Å². The summed E-state index contributed by atoms with van der Waals surface area (Å²) in [7, 11) is 3.32. The molecule has 1 N–H and O–H groups in total. The number of ether oxygens (including phenoxy) is 2. The van der Waals surface area contributed by atoms with Crippen LogP contribution in [-0.2, 0) is 37.1 Å². The molecule has 52 heavy (non-hydrogen) atoms. The third-order valence-electron chi connectivity index (χ3n) is 8.83. The van der Waals surface area contributed by atoms with Gasteiger partial charge in [-0.3, -0.25) is 34.7 Å². The van der Waals surface area contributed by atoms with E-state index < -0.39 is 40.0 Å². The van der Waals surface area contributed by atoms with Crippen molar-refractivity contribution in [2.24, 2.45) is 17.8 Å². The molecule has 0 saturated carbocycles. The van der Waals surface area contributed by atoms with E-state index in [2.05, 4.69) is 25.5 Å². The average Bonchev–Trinajstić information content (AvgIpc) is 3.61. The minimum absolute atomic E-state index is 0.00455. The van der Waals surface area contributed by atoms with Crippen LogP contribution in [0.2, 0.25) is 0 Å². The Morgan fingerprint density at radius 3 is 1.88 bits per heavy atom. The molecule has 278 valence electrons. The maximum Gasteiger partial charge on any atom is 0.410 e. The van der Waals surface area contributed by atoms with Gasteiger partial charge in [0.1, 0.15) is 25.0 Å². The van der Waals surface area contributed by atoms with Crippen LogP contribution in [0.4, 0.5) is 16.2 Å². The molecule has 6 atom stereocenters. The van der Waals surface area contributed by atoms with Gasteiger partial charge in [-0.05, 0) is 54.7 Å². The minimum atomic E-state index is -0.803. The zero-order valence-electron chi connectivity index (χ0n) is 29.3. The van der Waals surface area contributed by atoms with Crippen molar-refractivity contribution in [1.82, 2.24) is 14.7 Å². The maximum atomic E-state index is 12.5. The third kappa shape index (κ3) is 9.06. The van der Waals surface area contributed by atoms with Crippen LogP contribution in [0.25, 0.3) is 0 Å². The number of thiol groups is 1. The van der Waals surface area contributed by atoms with Gasteiger partial charge in [-0.15, -0.1) is 25.5 Å². The second-order valence-electron chi connectivity index (χ2n) is 12.7. The SMILES string of the molecule is C#C.C[C@H]1C(S)=C(C(=O)OCc2ccc([N+](=O)[O-])cc2)N2C(=O)[C@H]([C@@H](C)O)C12.C[C@H]1C[C@@H](C(=O)N(C)C)N(C(=O)OCc2ccc([N+](=O)[O-])cc2)C1. The molecular formula is C35H41N5O11S. The molecule has 0 aliphatic carbocycles. The molecule has 0 bridgehead atoms. The highest BCUT2D eigenvalue weighted by Gasteiger charge is 2.59. The lowest BCUT2D eigenvalue weighted by Gasteiger charge is -2.46. The zero-order chi connectivity index (χ0) is 39.0. The van der Waals surface area contributed by atoms with E-state index in [1.54, 1.807) is 33.2 Å². The highest BCUT2D eigenvalue weighted by Crippen LogP contribution is 2.48. The van der Waals surface area contributed by atoms with Crippen LogP contribution in [0.15, 0.2) is 59.1 Å². The molecule has 3 aliphatic rings. The van der Waals surface area contributed by atoms with Crippen molar-refractivity contribution in [2.45, 2.75) is 58.6 Å². The van der Waals surface area contributed by atoms with Crippen molar-refractivity contribution in [3.8, 4) is 12.8 Å². The Kier molecular flexibility index (Phi) is 13.9. The molecule has 0 radical (unpaired) electrons. The maximum absolute atomic E-state index is 12.5. The Labute approximate surface area is 306 Å². The molecule has 2 aromatic carbocycles. The molecule has 17 heteroatoms. The van der Waals surface area contributed by atoms with Crippen molar-refractivity contribution in [3.63, 3.8) is 0 Å². The monoisotopic (exact) mass is 739 g/mol. The first kappa shape index (κ1) is 41.0. The van der Waals surface area contributed by atoms with Gasteiger partial charge in [0, 0.05) is 55.7 Å². The van der Waals surface area contributed by atoms with Crippen molar-refractivity contribution >= 4 is 47.9 Å². The zero-order valence-corrected chi connectivity index (χ0v) is 30.2. The van der Waals surface area contributed by atoms with E-state index in [0.717, 1.165) is 0 Å². The number of likely N-dealkylation sites (N-methyl/N-ethyl adjacent to an activating group) is 1. The van der Waals surface area contributed by atoms with Gasteiger partial charge in [0.2, 0.25) is 11.8 Å². The van der Waals surface area contributed by atoms with Gasteiger partial charge in [0.25, 0.3) is 11.4 Å². The summed E-state index contributed by atoms with van der Waals surface area (Å²) in [6, 6.07) is 10.7. The number of nitrogens with zero attached hydrogens (tertiary/aromatic N) is 5. The van der Waals surface area contributed by atoms with E-state index in [1.165, 1.54) is 51.1 Å². The van der Waals surface area contributed by atoms with Gasteiger partial charge in [-0.25, -0.2) is 9.59 Å². The number of rotatable bonds is 9. The summed E-state index contributed by atoms with van der Waals surface area (Å²) in [4.78, 5) is 74.3. The Morgan fingerprint density at radius 2 is 1.44 bits per heavy atom. The van der Waals surface area contributed by atoms with Gasteiger partial charge >= 0.3 is 12.1 Å². The van der Waals surface area contributed by atoms with Crippen molar-refractivity contribution in [2.75, 3.05) is 20.6 Å². The Balaban J connectivity index is 0.000000269. The molecule has 1 unspecified atom stereocenters. The Hall–Kier alpha value is -5.47. The number of non-ortho nitro benzene ring substituents is 2. The molecule has 2 saturated heterocycles. The van der Waals surface area contributed by atoms with E-state index in [9.17, 15) is 44.5 Å². The molecule has 2 fully saturated rings. The minimum Gasteiger partial charge on any atom is -0.456 e. The smallest absolute Gasteiger partial charge is 0.410 e. The second kappa shape index (κ2) is 17.6. The number of esters is 1. The predicted octanol–water partition coefficient (Wildman–Crippen LogP) is 3.92. The first-order chi connectivity index (χ1) is 24.5. The highest BCUT2D eigenvalue weighted by atomic mass is 32.1. The number of β-lactam (4-membered cyclic amide) rings is 1. The molecule has 3 aliphatic heterocycles. The molecule has 16 nitrogen and oxygen atoms in total. The van der Waals surface area contributed by atoms with Crippen molar-refractivity contribution in [3.05, 3.63) is 90.5 Å². The number of likely N-dealkylation sites (tertiary alicyclic amines) is 1. The first-order valence-electron chi connectivity index (χ1n) is 16.1. The van der Waals surface area contributed by atoms with Gasteiger partial charge < -0.3 is 24.4 Å². The van der Waals surface area contributed by atoms with Crippen LogP contribution >= 0.6 is 12.6 Å². The standard InChI is InChI=1S/C17H18N2O6S.C16H21N3O5.C2H2/c1-8-13-12(9(2)20)16(21)18(13)14(15(8)26)17(22)25-7-10-3-5-11(6-4-10)19(23)24;1-11-8-14(15(20)17(2)3)18(9-11)16(21)24-10-12-4-6-13(7-5-12)19(22)23;1-2/h3-6,8-9,12-13,20,26H,7H2,1-2H3;4-7,11,14H,8-10H2,1-3H3;1-2H/t8-,9-,12-,13?;11-,14-;/m10./s1. The van der Waals surface area contributed by atoms with Gasteiger partial charge in [-0.1, -0.05) is 13.8 Å². The quantitative estimate of drug-likeness (QED) is 0.0943. The first-order valence-corrected chi connectivity index (χ1v) is 16.5. The predicted molar refractivity (Wildman–Crippen MR) is 190 cm³/mol. The van der Waals surface area contributed by atoms with E-state index in [1.807, 2.05) is 13.8 Å². The number of nitro groups is 2. The van der Waals surface area contributed by atoms with E-state index >= 15 is 0 Å². The lowest BCUT2D eigenvalue weighted by molar-refractivity contribution is -0.385. The van der Waals surface area contributed by atoms with Crippen LogP contribution in [0, 0.1) is 50.8 Å². The third-order valence-corrected chi connectivity index (χ3v) is 9.45. The van der Waals surface area contributed by atoms with Crippen molar-refractivity contribution in [1.29, 1.82) is 0 Å². The highest BCUT2D eigenvalue weighted by molar-refractivity contribution is 7.84. The fraction of sp³-hybridized carbons (Fsp3) is 0.429. The van der Waals surface area contributed by atoms with Crippen LogP contribution in [0.1, 0.15) is 38.3 Å². The molecule has 3 amide bonds. The summed E-state index contributed by atoms with van der Waals surface area (Å²) < 4.78 is 10.5. The number of hydrogen-bond acceptors (Lipinski definition) is 12. The fourth-order valence-electron chi connectivity index (χ4n) is 6.17. The number of aliphatic hydroxyl groups excluding tert-OH is 1. The van der Waals surface area contributed by atoms with Gasteiger partial charge in [-0.2, -0.15) is 0 Å². The number of carbonyl (C=O) groups excluding carboxylic acids is 4. The molecule has 3 heterocycles. The lowest BCUT2D eigenvalue weighted by Crippen LogP contribution is -2.63. The molecule has 2 aromatic rings. The van der Waals surface area contributed by atoms with Crippen LogP contribution in [-0.4, -0.2) is 92.4 Å². The van der Waals surface area contributed by atoms with Gasteiger partial charge in [0.15, 0.2) is 0 Å². The molecule has 0 aromatic heterocycles. The van der Waals surface area contributed by atoms with Crippen LogP contribution < -0.4 is 0 Å². The van der Waals surface area contributed by atoms with E-state index in [-0.39, 0.29) is 60.0 Å². The summed E-state index contributed by atoms with van der Waals surface area (Å²) in [5.74, 6) is -1.61. The number of aliphatic hydroxyl groups is 1. The number of hydrogen-bond donors (Lipinski definition) is 2. The normalized spacial score (nSPS) is 22.0. The second-order valence-corrected chi connectivity index (χ2v) is 13.2. The summed E-state index contributed by atoms with van der Waals surface area (Å²) in [6.07, 6.45) is 7.27. The number of carbonyl (C=O) groups is 4. The van der Waals surface area contributed by atoms with Crippen molar-refractivity contribution < 1.29 is 43.6 Å². The fourth-order valence-corrected chi connectivity index (χ4v) is 6.53. The topological polar surface area (TPSA) is 203 Å². The summed E-state index contributed by atoms with van der Waals surface area (Å²) in [6.45, 7) is 5.78. The summed E-state index contributed by atoms with van der Waals surface area (Å²) in [5.41, 5.74) is 1.27. The largest absolute Gasteiger partial charge is 0.456 e. The van der Waals surface area contributed by atoms with Gasteiger partial charge in [0.05, 0.1) is 27.9 Å². The molecular weight excluding hydrogens is 698 g/mol. The average molecular weight is 740 g/mol. The van der Waals surface area contributed by atoms with Crippen LogP contribution in [0.5, 0.6) is 0 Å². The summed E-state index contributed by atoms with van der Waals surface area (Å²) >= 11 is 4.37. The number of amides is 3. The molecule has 0 spiro atoms. The van der Waals surface area contributed by atoms with E-state index in [0.29, 0.717) is 29.0 Å². The summed E-state index contributed by atoms with van der Waals surface area (Å²) in [5, 5.41) is 31.0. The number of fused-ring (bicyclic) bond motifs is 1.